The molecule has 0 radical (unpaired) electrons. The number of para-hydroxylation sites is 2. The van der Waals surface area contributed by atoms with Crippen molar-refractivity contribution in [3.05, 3.63) is 58.5 Å². The standard InChI is InChI=1S/C15H12BrN3O2/c1-9-14(19-8-10(16)6-7-13(19)17-9)15(21)18-11-4-2-3-5-12(11)20/h2-8,20H,1H3,(H,18,21). The van der Waals surface area contributed by atoms with Crippen molar-refractivity contribution in [1.29, 1.82) is 0 Å². The molecule has 0 saturated carbocycles. The molecule has 0 saturated heterocycles. The van der Waals surface area contributed by atoms with Crippen molar-refractivity contribution in [2.24, 2.45) is 0 Å². The summed E-state index contributed by atoms with van der Waals surface area (Å²) in [5.74, 6) is -0.293. The minimum Gasteiger partial charge on any atom is -0.506 e. The van der Waals surface area contributed by atoms with E-state index < -0.39 is 0 Å². The van der Waals surface area contributed by atoms with Gasteiger partial charge in [0.1, 0.15) is 17.1 Å². The predicted octanol–water partition coefficient (Wildman–Crippen LogP) is 3.36. The first-order valence-electron chi connectivity index (χ1n) is 6.30. The van der Waals surface area contributed by atoms with Gasteiger partial charge < -0.3 is 10.4 Å². The Labute approximate surface area is 129 Å². The lowest BCUT2D eigenvalue weighted by Gasteiger charge is -2.07. The Bertz CT molecular complexity index is 842. The molecule has 2 heterocycles. The summed E-state index contributed by atoms with van der Waals surface area (Å²) in [6.45, 7) is 1.78. The van der Waals surface area contributed by atoms with Crippen LogP contribution in [0.3, 0.4) is 0 Å². The van der Waals surface area contributed by atoms with E-state index in [0.717, 1.165) is 4.47 Å². The average molecular weight is 346 g/mol. The molecule has 3 aromatic rings. The first kappa shape index (κ1) is 13.6. The molecule has 0 aliphatic rings. The molecule has 5 nitrogen and oxygen atoms in total. The summed E-state index contributed by atoms with van der Waals surface area (Å²) in [4.78, 5) is 16.8. The molecule has 106 valence electrons. The third kappa shape index (κ3) is 2.50. The number of halogens is 1. The maximum absolute atomic E-state index is 12.5. The van der Waals surface area contributed by atoms with Crippen molar-refractivity contribution < 1.29 is 9.90 Å². The summed E-state index contributed by atoms with van der Waals surface area (Å²) < 4.78 is 2.57. The van der Waals surface area contributed by atoms with Crippen molar-refractivity contribution >= 4 is 33.2 Å². The van der Waals surface area contributed by atoms with Gasteiger partial charge in [0, 0.05) is 10.7 Å². The lowest BCUT2D eigenvalue weighted by molar-refractivity contribution is 0.102. The number of phenolic OH excluding ortho intramolecular Hbond substituents is 1. The Morgan fingerprint density at radius 1 is 1.29 bits per heavy atom. The highest BCUT2D eigenvalue weighted by molar-refractivity contribution is 9.10. The number of imidazole rings is 1. The Balaban J connectivity index is 2.04. The van der Waals surface area contributed by atoms with E-state index >= 15 is 0 Å². The molecule has 2 N–H and O–H groups in total. The zero-order valence-electron chi connectivity index (χ0n) is 11.2. The molecule has 6 heteroatoms. The quantitative estimate of drug-likeness (QED) is 0.700. The molecule has 0 spiro atoms. The number of carbonyl (C=O) groups is 1. The highest BCUT2D eigenvalue weighted by Gasteiger charge is 2.17. The average Bonchev–Trinajstić information content (AvgIpc) is 2.76. The second-order valence-electron chi connectivity index (χ2n) is 4.59. The summed E-state index contributed by atoms with van der Waals surface area (Å²) in [5, 5.41) is 12.4. The van der Waals surface area contributed by atoms with Crippen molar-refractivity contribution in [1.82, 2.24) is 9.38 Å². The number of pyridine rings is 1. The number of benzene rings is 1. The number of fused-ring (bicyclic) bond motifs is 1. The van der Waals surface area contributed by atoms with Gasteiger partial charge in [-0.1, -0.05) is 12.1 Å². The van der Waals surface area contributed by atoms with E-state index in [1.165, 1.54) is 6.07 Å². The third-order valence-corrected chi connectivity index (χ3v) is 3.59. The van der Waals surface area contributed by atoms with Gasteiger partial charge >= 0.3 is 0 Å². The van der Waals surface area contributed by atoms with Gasteiger partial charge in [0.15, 0.2) is 0 Å². The number of aromatic hydroxyl groups is 1. The van der Waals surface area contributed by atoms with Gasteiger partial charge in [0.2, 0.25) is 0 Å². The monoisotopic (exact) mass is 345 g/mol. The van der Waals surface area contributed by atoms with Crippen LogP contribution in [0.5, 0.6) is 5.75 Å². The maximum atomic E-state index is 12.5. The van der Waals surface area contributed by atoms with Gasteiger partial charge in [-0.2, -0.15) is 0 Å². The lowest BCUT2D eigenvalue weighted by atomic mass is 10.2. The lowest BCUT2D eigenvalue weighted by Crippen LogP contribution is -2.15. The number of hydrogen-bond acceptors (Lipinski definition) is 3. The van der Waals surface area contributed by atoms with Crippen LogP contribution in [0.15, 0.2) is 47.1 Å². The molecule has 0 aliphatic carbocycles. The summed E-state index contributed by atoms with van der Waals surface area (Å²) in [6, 6.07) is 10.3. The Morgan fingerprint density at radius 2 is 2.05 bits per heavy atom. The Morgan fingerprint density at radius 3 is 2.81 bits per heavy atom. The zero-order valence-corrected chi connectivity index (χ0v) is 12.8. The molecule has 1 amide bonds. The third-order valence-electron chi connectivity index (χ3n) is 3.12. The van der Waals surface area contributed by atoms with Crippen LogP contribution in [0.4, 0.5) is 5.69 Å². The fourth-order valence-electron chi connectivity index (χ4n) is 2.17. The number of anilines is 1. The molecule has 2 aromatic heterocycles. The molecule has 3 rings (SSSR count). The van der Waals surface area contributed by atoms with Crippen molar-refractivity contribution in [3.8, 4) is 5.75 Å². The van der Waals surface area contributed by atoms with Crippen LogP contribution in [0.1, 0.15) is 16.2 Å². The SMILES string of the molecule is Cc1nc2ccc(Br)cn2c1C(=O)Nc1ccccc1O. The number of rotatable bonds is 2. The van der Waals surface area contributed by atoms with E-state index in [1.54, 1.807) is 35.7 Å². The first-order chi connectivity index (χ1) is 10.1. The number of hydrogen-bond donors (Lipinski definition) is 2. The fourth-order valence-corrected chi connectivity index (χ4v) is 2.51. The Kier molecular flexibility index (Phi) is 3.39. The second-order valence-corrected chi connectivity index (χ2v) is 5.51. The Hall–Kier alpha value is -2.34. The number of aryl methyl sites for hydroxylation is 1. The van der Waals surface area contributed by atoms with Crippen molar-refractivity contribution in [3.63, 3.8) is 0 Å². The van der Waals surface area contributed by atoms with Crippen LogP contribution >= 0.6 is 15.9 Å². The highest BCUT2D eigenvalue weighted by Crippen LogP contribution is 2.23. The summed E-state index contributed by atoms with van der Waals surface area (Å²) >= 11 is 3.38. The van der Waals surface area contributed by atoms with Crippen LogP contribution < -0.4 is 5.32 Å². The summed E-state index contributed by atoms with van der Waals surface area (Å²) in [5.41, 5.74) is 2.13. The van der Waals surface area contributed by atoms with Gasteiger partial charge in [-0.25, -0.2) is 4.98 Å². The molecule has 0 fully saturated rings. The summed E-state index contributed by atoms with van der Waals surface area (Å²) in [7, 11) is 0. The van der Waals surface area contributed by atoms with E-state index in [-0.39, 0.29) is 11.7 Å². The van der Waals surface area contributed by atoms with Crippen LogP contribution in [-0.4, -0.2) is 20.4 Å². The normalized spacial score (nSPS) is 10.8. The van der Waals surface area contributed by atoms with E-state index in [1.807, 2.05) is 12.1 Å². The molecule has 1 aromatic carbocycles. The fraction of sp³-hybridized carbons (Fsp3) is 0.0667. The molecule has 0 bridgehead atoms. The number of nitrogens with zero attached hydrogens (tertiary/aromatic N) is 2. The number of nitrogens with one attached hydrogen (secondary N) is 1. The van der Waals surface area contributed by atoms with Gasteiger partial charge in [-0.15, -0.1) is 0 Å². The number of carbonyl (C=O) groups excluding carboxylic acids is 1. The topological polar surface area (TPSA) is 66.6 Å². The second kappa shape index (κ2) is 5.21. The number of phenols is 1. The number of aromatic nitrogens is 2. The highest BCUT2D eigenvalue weighted by atomic mass is 79.9. The minimum atomic E-state index is -0.320. The zero-order chi connectivity index (χ0) is 15.0. The van der Waals surface area contributed by atoms with E-state index in [2.05, 4.69) is 26.2 Å². The van der Waals surface area contributed by atoms with Crippen LogP contribution in [0.25, 0.3) is 5.65 Å². The van der Waals surface area contributed by atoms with Crippen LogP contribution in [0, 0.1) is 6.92 Å². The van der Waals surface area contributed by atoms with Crippen LogP contribution in [-0.2, 0) is 0 Å². The van der Waals surface area contributed by atoms with Gasteiger partial charge in [0.05, 0.1) is 11.4 Å². The minimum absolute atomic E-state index is 0.0264. The van der Waals surface area contributed by atoms with Gasteiger partial charge in [-0.3, -0.25) is 9.20 Å². The largest absolute Gasteiger partial charge is 0.506 e. The first-order valence-corrected chi connectivity index (χ1v) is 7.09. The summed E-state index contributed by atoms with van der Waals surface area (Å²) in [6.07, 6.45) is 1.79. The molecule has 0 atom stereocenters. The van der Waals surface area contributed by atoms with E-state index in [0.29, 0.717) is 22.7 Å². The molecular weight excluding hydrogens is 334 g/mol. The maximum Gasteiger partial charge on any atom is 0.274 e. The predicted molar refractivity (Wildman–Crippen MR) is 83.7 cm³/mol. The molecule has 21 heavy (non-hydrogen) atoms. The van der Waals surface area contributed by atoms with Crippen molar-refractivity contribution in [2.45, 2.75) is 6.92 Å². The van der Waals surface area contributed by atoms with Gasteiger partial charge in [0.25, 0.3) is 5.91 Å². The molecule has 0 aliphatic heterocycles. The molecule has 0 unspecified atom stereocenters. The molecular formula is C15H12BrN3O2. The van der Waals surface area contributed by atoms with Crippen LogP contribution in [0.2, 0.25) is 0 Å². The van der Waals surface area contributed by atoms with Gasteiger partial charge in [-0.05, 0) is 47.1 Å². The number of amides is 1. The van der Waals surface area contributed by atoms with E-state index in [9.17, 15) is 9.90 Å². The smallest absolute Gasteiger partial charge is 0.274 e. The van der Waals surface area contributed by atoms with E-state index in [4.69, 9.17) is 0 Å². The van der Waals surface area contributed by atoms with Crippen molar-refractivity contribution in [2.75, 3.05) is 5.32 Å².